The fourth-order valence-corrected chi connectivity index (χ4v) is 6.26. The van der Waals surface area contributed by atoms with Gasteiger partial charge in [0.1, 0.15) is 6.04 Å². The van der Waals surface area contributed by atoms with Crippen molar-refractivity contribution in [2.45, 2.75) is 44.0 Å². The minimum atomic E-state index is -3.80. The van der Waals surface area contributed by atoms with Crippen LogP contribution < -0.4 is 4.90 Å². The van der Waals surface area contributed by atoms with Gasteiger partial charge < -0.3 is 0 Å². The van der Waals surface area contributed by atoms with Gasteiger partial charge in [0.05, 0.1) is 16.3 Å². The third-order valence-corrected chi connectivity index (χ3v) is 8.27. The lowest BCUT2D eigenvalue weighted by molar-refractivity contribution is -0.122. The van der Waals surface area contributed by atoms with Crippen molar-refractivity contribution < 1.29 is 13.2 Å². The summed E-state index contributed by atoms with van der Waals surface area (Å²) < 4.78 is 28.3. The Morgan fingerprint density at radius 3 is 2.42 bits per heavy atom. The van der Waals surface area contributed by atoms with Crippen LogP contribution in [0.4, 0.5) is 10.8 Å². The lowest BCUT2D eigenvalue weighted by Gasteiger charge is -2.36. The molecule has 0 spiro atoms. The van der Waals surface area contributed by atoms with Crippen LogP contribution in [0.5, 0.6) is 0 Å². The topological polar surface area (TPSA) is 70.6 Å². The van der Waals surface area contributed by atoms with E-state index in [9.17, 15) is 13.2 Å². The molecule has 1 atom stereocenters. The van der Waals surface area contributed by atoms with Crippen molar-refractivity contribution in [1.82, 2.24) is 9.29 Å². The first-order valence-electron chi connectivity index (χ1n) is 10.3. The number of para-hydroxylation sites is 1. The number of aromatic nitrogens is 1. The maximum absolute atomic E-state index is 13.8. The number of sulfonamides is 1. The number of thiazole rings is 1. The maximum Gasteiger partial charge on any atom is 0.251 e. The van der Waals surface area contributed by atoms with Gasteiger partial charge in [-0.15, -0.1) is 11.3 Å². The molecule has 1 amide bonds. The number of piperidine rings is 1. The molecule has 6 nitrogen and oxygen atoms in total. The van der Waals surface area contributed by atoms with Crippen LogP contribution in [0, 0.1) is 13.8 Å². The van der Waals surface area contributed by atoms with Gasteiger partial charge >= 0.3 is 0 Å². The van der Waals surface area contributed by atoms with E-state index in [1.54, 1.807) is 29.2 Å². The highest BCUT2D eigenvalue weighted by Gasteiger charge is 2.40. The predicted molar refractivity (Wildman–Crippen MR) is 123 cm³/mol. The highest BCUT2D eigenvalue weighted by molar-refractivity contribution is 7.89. The van der Waals surface area contributed by atoms with Gasteiger partial charge in [0.15, 0.2) is 5.13 Å². The highest BCUT2D eigenvalue weighted by atomic mass is 32.2. The number of aryl methyl sites for hydroxylation is 2. The summed E-state index contributed by atoms with van der Waals surface area (Å²) >= 11 is 1.38. The monoisotopic (exact) mass is 455 g/mol. The molecule has 2 heterocycles. The van der Waals surface area contributed by atoms with E-state index in [1.807, 2.05) is 49.6 Å². The molecule has 4 rings (SSSR count). The Kier molecular flexibility index (Phi) is 6.22. The minimum Gasteiger partial charge on any atom is -0.272 e. The van der Waals surface area contributed by atoms with Gasteiger partial charge in [-0.1, -0.05) is 42.3 Å². The van der Waals surface area contributed by atoms with Crippen molar-refractivity contribution in [3.8, 4) is 0 Å². The molecule has 1 saturated heterocycles. The summed E-state index contributed by atoms with van der Waals surface area (Å²) in [6, 6.07) is 15.3. The zero-order chi connectivity index (χ0) is 22.0. The molecule has 31 heavy (non-hydrogen) atoms. The molecule has 1 aliphatic heterocycles. The highest BCUT2D eigenvalue weighted by Crippen LogP contribution is 2.33. The fraction of sp³-hybridized carbons (Fsp3) is 0.304. The fourth-order valence-electron chi connectivity index (χ4n) is 3.79. The predicted octanol–water partition coefficient (Wildman–Crippen LogP) is 4.67. The zero-order valence-corrected chi connectivity index (χ0v) is 19.2. The standard InChI is InChI=1S/C23H25N3O3S2/c1-17-11-13-20(14-12-17)31(28,29)25-15-7-6-10-21(25)22(27)26(19-8-4-3-5-9-19)23-24-18(2)16-30-23/h3-5,8-9,11-14,16,21H,6-7,10,15H2,1-2H3/t21-/m1/s1. The lowest BCUT2D eigenvalue weighted by Crippen LogP contribution is -2.52. The molecule has 3 aromatic rings. The zero-order valence-electron chi connectivity index (χ0n) is 17.6. The Balaban J connectivity index is 1.73. The molecule has 0 saturated carbocycles. The molecule has 1 fully saturated rings. The van der Waals surface area contributed by atoms with Gasteiger partial charge in [0.25, 0.3) is 5.91 Å². The number of nitrogens with zero attached hydrogens (tertiary/aromatic N) is 3. The van der Waals surface area contributed by atoms with Crippen LogP contribution in [0.15, 0.2) is 64.9 Å². The molecule has 8 heteroatoms. The summed E-state index contributed by atoms with van der Waals surface area (Å²) in [6.45, 7) is 4.12. The van der Waals surface area contributed by atoms with Crippen molar-refractivity contribution in [3.63, 3.8) is 0 Å². The molecular formula is C23H25N3O3S2. The van der Waals surface area contributed by atoms with Gasteiger partial charge in [0, 0.05) is 11.9 Å². The van der Waals surface area contributed by atoms with E-state index >= 15 is 0 Å². The molecule has 0 N–H and O–H groups in total. The van der Waals surface area contributed by atoms with Crippen molar-refractivity contribution in [2.75, 3.05) is 11.4 Å². The Bertz CT molecular complexity index is 1160. The second kappa shape index (κ2) is 8.90. The number of carbonyl (C=O) groups is 1. The quantitative estimate of drug-likeness (QED) is 0.561. The molecule has 2 aromatic carbocycles. The molecule has 0 unspecified atom stereocenters. The summed E-state index contributed by atoms with van der Waals surface area (Å²) in [5, 5.41) is 2.44. The summed E-state index contributed by atoms with van der Waals surface area (Å²) in [4.78, 5) is 20.1. The van der Waals surface area contributed by atoms with E-state index < -0.39 is 16.1 Å². The Morgan fingerprint density at radius 1 is 1.06 bits per heavy atom. The van der Waals surface area contributed by atoms with Crippen LogP contribution in [0.2, 0.25) is 0 Å². The summed E-state index contributed by atoms with van der Waals surface area (Å²) in [6.07, 6.45) is 2.02. The Labute approximate surface area is 187 Å². The normalized spacial score (nSPS) is 17.4. The summed E-state index contributed by atoms with van der Waals surface area (Å²) in [5.74, 6) is -0.268. The van der Waals surface area contributed by atoms with Crippen LogP contribution in [0.1, 0.15) is 30.5 Å². The second-order valence-corrected chi connectivity index (χ2v) is 10.4. The number of hydrogen-bond donors (Lipinski definition) is 0. The number of benzene rings is 2. The average Bonchev–Trinajstić information content (AvgIpc) is 3.20. The van der Waals surface area contributed by atoms with Crippen molar-refractivity contribution in [2.24, 2.45) is 0 Å². The summed E-state index contributed by atoms with van der Waals surface area (Å²) in [7, 11) is -3.80. The van der Waals surface area contributed by atoms with Crippen LogP contribution in [-0.4, -0.2) is 36.2 Å². The van der Waals surface area contributed by atoms with Gasteiger partial charge in [-0.2, -0.15) is 4.31 Å². The van der Waals surface area contributed by atoms with Crippen LogP contribution in [-0.2, 0) is 14.8 Å². The number of rotatable bonds is 5. The SMILES string of the molecule is Cc1ccc(S(=O)(=O)N2CCCC[C@@H]2C(=O)N(c2ccccc2)c2nc(C)cs2)cc1. The molecule has 1 aliphatic rings. The Morgan fingerprint density at radius 2 is 1.77 bits per heavy atom. The van der Waals surface area contributed by atoms with E-state index in [0.717, 1.165) is 24.1 Å². The second-order valence-electron chi connectivity index (χ2n) is 7.72. The van der Waals surface area contributed by atoms with E-state index in [2.05, 4.69) is 4.98 Å². The first-order valence-corrected chi connectivity index (χ1v) is 12.6. The average molecular weight is 456 g/mol. The Hall–Kier alpha value is -2.55. The lowest BCUT2D eigenvalue weighted by atomic mass is 10.0. The van der Waals surface area contributed by atoms with Gasteiger partial charge in [-0.05, 0) is 51.0 Å². The third kappa shape index (κ3) is 4.42. The number of carbonyl (C=O) groups excluding carboxylic acids is 1. The van der Waals surface area contributed by atoms with Crippen molar-refractivity contribution in [3.05, 3.63) is 71.2 Å². The van der Waals surface area contributed by atoms with Crippen LogP contribution in [0.25, 0.3) is 0 Å². The van der Waals surface area contributed by atoms with Gasteiger partial charge in [-0.25, -0.2) is 13.4 Å². The molecule has 0 aliphatic carbocycles. The van der Waals surface area contributed by atoms with E-state index in [0.29, 0.717) is 23.8 Å². The third-order valence-electron chi connectivity index (χ3n) is 5.40. The smallest absolute Gasteiger partial charge is 0.251 e. The van der Waals surface area contributed by atoms with Crippen LogP contribution >= 0.6 is 11.3 Å². The molecule has 0 bridgehead atoms. The molecular weight excluding hydrogens is 430 g/mol. The minimum absolute atomic E-state index is 0.217. The molecule has 1 aromatic heterocycles. The van der Waals surface area contributed by atoms with Crippen molar-refractivity contribution >= 4 is 38.1 Å². The molecule has 0 radical (unpaired) electrons. The number of anilines is 2. The number of amides is 1. The van der Waals surface area contributed by atoms with Gasteiger partial charge in [0.2, 0.25) is 10.0 Å². The molecule has 162 valence electrons. The number of hydrogen-bond acceptors (Lipinski definition) is 5. The van der Waals surface area contributed by atoms with E-state index in [4.69, 9.17) is 0 Å². The largest absolute Gasteiger partial charge is 0.272 e. The first-order chi connectivity index (χ1) is 14.9. The summed E-state index contributed by atoms with van der Waals surface area (Å²) in [5.41, 5.74) is 2.49. The van der Waals surface area contributed by atoms with Crippen LogP contribution in [0.3, 0.4) is 0 Å². The van der Waals surface area contributed by atoms with E-state index in [1.165, 1.54) is 15.6 Å². The first kappa shape index (κ1) is 21.7. The van der Waals surface area contributed by atoms with E-state index in [-0.39, 0.29) is 10.8 Å². The van der Waals surface area contributed by atoms with Crippen molar-refractivity contribution in [1.29, 1.82) is 0 Å². The van der Waals surface area contributed by atoms with Gasteiger partial charge in [-0.3, -0.25) is 9.69 Å². The maximum atomic E-state index is 13.8.